The number of methoxy groups -OCH3 is 2. The Balaban J connectivity index is 1.78. The molecule has 1 heterocycles. The van der Waals surface area contributed by atoms with Crippen LogP contribution in [-0.4, -0.2) is 25.1 Å². The second-order valence-corrected chi connectivity index (χ2v) is 6.71. The number of pyridine rings is 1. The van der Waals surface area contributed by atoms with Gasteiger partial charge in [-0.15, -0.1) is 0 Å². The Morgan fingerprint density at radius 1 is 1.07 bits per heavy atom. The largest absolute Gasteiger partial charge is 0.493 e. The zero-order valence-corrected chi connectivity index (χ0v) is 16.5. The molecule has 0 fully saturated rings. The summed E-state index contributed by atoms with van der Waals surface area (Å²) in [5.74, 6) is 1.01. The van der Waals surface area contributed by atoms with E-state index in [0.717, 1.165) is 22.2 Å². The van der Waals surface area contributed by atoms with Gasteiger partial charge in [0.25, 0.3) is 5.56 Å². The molecule has 0 aliphatic heterocycles. The van der Waals surface area contributed by atoms with Crippen molar-refractivity contribution in [1.82, 2.24) is 4.98 Å². The first-order chi connectivity index (χ1) is 13.4. The number of amides is 1. The van der Waals surface area contributed by atoms with E-state index in [1.54, 1.807) is 26.4 Å². The van der Waals surface area contributed by atoms with Crippen molar-refractivity contribution in [3.05, 3.63) is 63.4 Å². The maximum absolute atomic E-state index is 12.4. The molecule has 146 valence electrons. The summed E-state index contributed by atoms with van der Waals surface area (Å²) < 4.78 is 10.6. The minimum atomic E-state index is -0.209. The van der Waals surface area contributed by atoms with E-state index < -0.39 is 0 Å². The quantitative estimate of drug-likeness (QED) is 0.683. The van der Waals surface area contributed by atoms with Gasteiger partial charge in [-0.05, 0) is 49.6 Å². The van der Waals surface area contributed by atoms with Gasteiger partial charge in [0.05, 0.1) is 19.7 Å². The lowest BCUT2D eigenvalue weighted by Crippen LogP contribution is -2.17. The second kappa shape index (κ2) is 8.17. The van der Waals surface area contributed by atoms with Gasteiger partial charge in [0.1, 0.15) is 0 Å². The van der Waals surface area contributed by atoms with E-state index in [4.69, 9.17) is 9.47 Å². The van der Waals surface area contributed by atoms with Gasteiger partial charge in [0, 0.05) is 29.1 Å². The summed E-state index contributed by atoms with van der Waals surface area (Å²) in [7, 11) is 3.11. The van der Waals surface area contributed by atoms with Gasteiger partial charge in [-0.25, -0.2) is 0 Å². The molecule has 6 heteroatoms. The van der Waals surface area contributed by atoms with Gasteiger partial charge in [-0.3, -0.25) is 9.59 Å². The second-order valence-electron chi connectivity index (χ2n) is 6.71. The predicted octanol–water partition coefficient (Wildman–Crippen LogP) is 3.73. The predicted molar refractivity (Wildman–Crippen MR) is 111 cm³/mol. The molecule has 3 aromatic rings. The minimum Gasteiger partial charge on any atom is -0.493 e. The maximum Gasteiger partial charge on any atom is 0.251 e. The van der Waals surface area contributed by atoms with Crippen molar-refractivity contribution in [2.75, 3.05) is 19.5 Å². The van der Waals surface area contributed by atoms with Crippen molar-refractivity contribution in [3.63, 3.8) is 0 Å². The van der Waals surface area contributed by atoms with Crippen LogP contribution in [0.15, 0.2) is 41.2 Å². The molecular weight excluding hydrogens is 356 g/mol. The molecule has 0 saturated heterocycles. The molecule has 28 heavy (non-hydrogen) atoms. The number of hydrogen-bond donors (Lipinski definition) is 2. The third kappa shape index (κ3) is 4.01. The van der Waals surface area contributed by atoms with Gasteiger partial charge < -0.3 is 19.8 Å². The molecule has 0 bridgehead atoms. The number of fused-ring (bicyclic) bond motifs is 1. The SMILES string of the molecule is COc1cc2cc(CCC(=O)Nc3cccc(C)c3C)c(=O)[nH]c2cc1OC. The number of benzene rings is 2. The molecule has 2 aromatic carbocycles. The monoisotopic (exact) mass is 380 g/mol. The zero-order valence-electron chi connectivity index (χ0n) is 16.5. The van der Waals surface area contributed by atoms with Gasteiger partial charge in [0.2, 0.25) is 5.91 Å². The Hall–Kier alpha value is -3.28. The third-order valence-corrected chi connectivity index (χ3v) is 4.93. The van der Waals surface area contributed by atoms with Crippen LogP contribution in [0.2, 0.25) is 0 Å². The molecule has 0 spiro atoms. The van der Waals surface area contributed by atoms with E-state index in [1.807, 2.05) is 38.1 Å². The highest BCUT2D eigenvalue weighted by atomic mass is 16.5. The van der Waals surface area contributed by atoms with Crippen LogP contribution in [0.5, 0.6) is 11.5 Å². The van der Waals surface area contributed by atoms with Crippen molar-refractivity contribution in [3.8, 4) is 11.5 Å². The summed E-state index contributed by atoms with van der Waals surface area (Å²) in [6.45, 7) is 3.98. The Kier molecular flexibility index (Phi) is 5.68. The van der Waals surface area contributed by atoms with Crippen LogP contribution in [0.25, 0.3) is 10.9 Å². The number of hydrogen-bond acceptors (Lipinski definition) is 4. The molecule has 3 rings (SSSR count). The number of ether oxygens (including phenoxy) is 2. The number of carbonyl (C=O) groups excluding carboxylic acids is 1. The first kappa shape index (κ1) is 19.5. The number of aromatic amines is 1. The van der Waals surface area contributed by atoms with Crippen molar-refractivity contribution in [2.24, 2.45) is 0 Å². The fourth-order valence-electron chi connectivity index (χ4n) is 3.11. The topological polar surface area (TPSA) is 80.4 Å². The smallest absolute Gasteiger partial charge is 0.251 e. The molecule has 1 aromatic heterocycles. The van der Waals surface area contributed by atoms with Gasteiger partial charge in [0.15, 0.2) is 11.5 Å². The summed E-state index contributed by atoms with van der Waals surface area (Å²) >= 11 is 0. The first-order valence-corrected chi connectivity index (χ1v) is 9.07. The minimum absolute atomic E-state index is 0.125. The Morgan fingerprint density at radius 3 is 2.50 bits per heavy atom. The fraction of sp³-hybridized carbons (Fsp3) is 0.273. The van der Waals surface area contributed by atoms with Gasteiger partial charge in [-0.1, -0.05) is 12.1 Å². The van der Waals surface area contributed by atoms with Crippen LogP contribution in [0, 0.1) is 13.8 Å². The molecule has 6 nitrogen and oxygen atoms in total. The fourth-order valence-corrected chi connectivity index (χ4v) is 3.11. The van der Waals surface area contributed by atoms with Crippen LogP contribution in [0.3, 0.4) is 0 Å². The lowest BCUT2D eigenvalue weighted by atomic mass is 10.1. The highest BCUT2D eigenvalue weighted by molar-refractivity contribution is 5.92. The van der Waals surface area contributed by atoms with Gasteiger partial charge in [-0.2, -0.15) is 0 Å². The lowest BCUT2D eigenvalue weighted by molar-refractivity contribution is -0.116. The Labute approximate surface area is 163 Å². The van der Waals surface area contributed by atoms with Crippen molar-refractivity contribution in [1.29, 1.82) is 0 Å². The van der Waals surface area contributed by atoms with Crippen LogP contribution in [0.1, 0.15) is 23.1 Å². The molecule has 0 aliphatic rings. The molecule has 0 unspecified atom stereocenters. The number of aromatic nitrogens is 1. The molecular formula is C22H24N2O4. The third-order valence-electron chi connectivity index (χ3n) is 4.93. The molecule has 0 radical (unpaired) electrons. The van der Waals surface area contributed by atoms with Crippen molar-refractivity contribution >= 4 is 22.5 Å². The number of carbonyl (C=O) groups is 1. The van der Waals surface area contributed by atoms with E-state index in [2.05, 4.69) is 10.3 Å². The average Bonchev–Trinajstić information content (AvgIpc) is 2.68. The number of aryl methyl sites for hydroxylation is 2. The van der Waals surface area contributed by atoms with Crippen molar-refractivity contribution in [2.45, 2.75) is 26.7 Å². The highest BCUT2D eigenvalue weighted by Gasteiger charge is 2.11. The average molecular weight is 380 g/mol. The Bertz CT molecular complexity index is 1090. The van der Waals surface area contributed by atoms with Gasteiger partial charge >= 0.3 is 0 Å². The number of nitrogens with one attached hydrogen (secondary N) is 2. The highest BCUT2D eigenvalue weighted by Crippen LogP contribution is 2.31. The summed E-state index contributed by atoms with van der Waals surface area (Å²) in [4.78, 5) is 27.6. The molecule has 0 aliphatic carbocycles. The van der Waals surface area contributed by atoms with E-state index in [9.17, 15) is 9.59 Å². The number of H-pyrrole nitrogens is 1. The number of rotatable bonds is 6. The summed E-state index contributed by atoms with van der Waals surface area (Å²) in [6.07, 6.45) is 0.561. The van der Waals surface area contributed by atoms with E-state index in [1.165, 1.54) is 0 Å². The standard InChI is InChI=1S/C22H24N2O4/c1-13-6-5-7-17(14(13)2)23-21(25)9-8-15-10-16-11-19(27-3)20(28-4)12-18(16)24-22(15)26/h5-7,10-12H,8-9H2,1-4H3,(H,23,25)(H,24,26). The zero-order chi connectivity index (χ0) is 20.3. The summed E-state index contributed by atoms with van der Waals surface area (Å²) in [6, 6.07) is 11.1. The molecule has 0 atom stereocenters. The van der Waals surface area contributed by atoms with Crippen molar-refractivity contribution < 1.29 is 14.3 Å². The van der Waals surface area contributed by atoms with Crippen LogP contribution in [-0.2, 0) is 11.2 Å². The van der Waals surface area contributed by atoms with E-state index in [-0.39, 0.29) is 17.9 Å². The van der Waals surface area contributed by atoms with Crippen LogP contribution >= 0.6 is 0 Å². The Morgan fingerprint density at radius 2 is 1.79 bits per heavy atom. The summed E-state index contributed by atoms with van der Waals surface area (Å²) in [5.41, 5.74) is 3.96. The normalized spacial score (nSPS) is 10.7. The molecule has 2 N–H and O–H groups in total. The van der Waals surface area contributed by atoms with E-state index in [0.29, 0.717) is 29.0 Å². The number of anilines is 1. The molecule has 0 saturated carbocycles. The first-order valence-electron chi connectivity index (χ1n) is 9.07. The summed E-state index contributed by atoms with van der Waals surface area (Å²) in [5, 5.41) is 3.74. The maximum atomic E-state index is 12.4. The molecule has 1 amide bonds. The van der Waals surface area contributed by atoms with Crippen LogP contribution in [0.4, 0.5) is 5.69 Å². The lowest BCUT2D eigenvalue weighted by Gasteiger charge is -2.11. The van der Waals surface area contributed by atoms with Crippen LogP contribution < -0.4 is 20.3 Å². The van der Waals surface area contributed by atoms with E-state index >= 15 is 0 Å².